The predicted molar refractivity (Wildman–Crippen MR) is 72.6 cm³/mol. The van der Waals surface area contributed by atoms with E-state index in [1.54, 1.807) is 30.1 Å². The van der Waals surface area contributed by atoms with E-state index in [-0.39, 0.29) is 5.69 Å². The topological polar surface area (TPSA) is 79.1 Å². The minimum absolute atomic E-state index is 0.117. The normalized spacial score (nSPS) is 9.65. The van der Waals surface area contributed by atoms with Crippen LogP contribution < -0.4 is 4.90 Å². The van der Waals surface area contributed by atoms with Gasteiger partial charge in [-0.15, -0.1) is 0 Å². The molecule has 0 aliphatic heterocycles. The van der Waals surface area contributed by atoms with Crippen LogP contribution in [-0.2, 0) is 4.74 Å². The highest BCUT2D eigenvalue weighted by Crippen LogP contribution is 2.24. The zero-order valence-electron chi connectivity index (χ0n) is 11.1. The fourth-order valence-electron chi connectivity index (χ4n) is 1.70. The third kappa shape index (κ3) is 2.57. The van der Waals surface area contributed by atoms with Gasteiger partial charge >= 0.3 is 5.97 Å². The molecule has 0 unspecified atom stereocenters. The lowest BCUT2D eigenvalue weighted by molar-refractivity contribution is 0.0593. The number of hydrogen-bond acceptors (Lipinski definition) is 6. The van der Waals surface area contributed by atoms with Gasteiger partial charge in [0, 0.05) is 7.05 Å². The molecule has 0 radical (unpaired) electrons. The second-order valence-corrected chi connectivity index (χ2v) is 3.94. The van der Waals surface area contributed by atoms with Gasteiger partial charge in [0.2, 0.25) is 0 Å². The Hall–Kier alpha value is -2.94. The fourth-order valence-corrected chi connectivity index (χ4v) is 1.70. The van der Waals surface area contributed by atoms with Crippen molar-refractivity contribution in [2.24, 2.45) is 0 Å². The Balaban J connectivity index is 2.41. The zero-order chi connectivity index (χ0) is 14.5. The van der Waals surface area contributed by atoms with Gasteiger partial charge in [0.1, 0.15) is 6.07 Å². The Morgan fingerprint density at radius 1 is 1.35 bits per heavy atom. The van der Waals surface area contributed by atoms with Gasteiger partial charge in [0.25, 0.3) is 0 Å². The van der Waals surface area contributed by atoms with Crippen LogP contribution in [0.5, 0.6) is 0 Å². The van der Waals surface area contributed by atoms with Gasteiger partial charge in [-0.25, -0.2) is 9.78 Å². The van der Waals surface area contributed by atoms with Crippen LogP contribution in [0.2, 0.25) is 0 Å². The van der Waals surface area contributed by atoms with E-state index in [0.29, 0.717) is 17.1 Å². The van der Waals surface area contributed by atoms with Crippen molar-refractivity contribution in [3.8, 4) is 6.07 Å². The smallest absolute Gasteiger partial charge is 0.358 e. The molecule has 6 heteroatoms. The predicted octanol–water partition coefficient (Wildman–Crippen LogP) is 1.90. The molecular weight excluding hydrogens is 256 g/mol. The van der Waals surface area contributed by atoms with Gasteiger partial charge < -0.3 is 9.64 Å². The van der Waals surface area contributed by atoms with Crippen molar-refractivity contribution in [2.75, 3.05) is 19.1 Å². The van der Waals surface area contributed by atoms with Gasteiger partial charge in [0.15, 0.2) is 11.5 Å². The molecule has 0 aliphatic rings. The highest BCUT2D eigenvalue weighted by atomic mass is 16.5. The van der Waals surface area contributed by atoms with Crippen LogP contribution in [0.15, 0.2) is 36.7 Å². The summed E-state index contributed by atoms with van der Waals surface area (Å²) in [6.07, 6.45) is 2.85. The number of anilines is 2. The van der Waals surface area contributed by atoms with Crippen molar-refractivity contribution < 1.29 is 9.53 Å². The molecule has 0 bridgehead atoms. The van der Waals surface area contributed by atoms with E-state index in [2.05, 4.69) is 20.8 Å². The number of ether oxygens (including phenoxy) is 1. The fraction of sp³-hybridized carbons (Fsp3) is 0.143. The molecule has 2 rings (SSSR count). The van der Waals surface area contributed by atoms with Crippen LogP contribution in [0.1, 0.15) is 16.1 Å². The number of esters is 1. The monoisotopic (exact) mass is 268 g/mol. The molecule has 6 nitrogen and oxygen atoms in total. The first-order chi connectivity index (χ1) is 9.67. The molecule has 0 atom stereocenters. The van der Waals surface area contributed by atoms with Crippen molar-refractivity contribution in [3.63, 3.8) is 0 Å². The van der Waals surface area contributed by atoms with E-state index in [9.17, 15) is 4.79 Å². The van der Waals surface area contributed by atoms with Gasteiger partial charge in [-0.1, -0.05) is 12.1 Å². The molecule has 0 saturated carbocycles. The van der Waals surface area contributed by atoms with Gasteiger partial charge in [-0.05, 0) is 12.1 Å². The number of carbonyl (C=O) groups excluding carboxylic acids is 1. The number of aromatic nitrogens is 2. The molecule has 0 fully saturated rings. The molecule has 0 amide bonds. The first-order valence-corrected chi connectivity index (χ1v) is 5.80. The number of carbonyl (C=O) groups is 1. The second kappa shape index (κ2) is 5.80. The maximum Gasteiger partial charge on any atom is 0.358 e. The molecule has 1 heterocycles. The lowest BCUT2D eigenvalue weighted by atomic mass is 10.2. The lowest BCUT2D eigenvalue weighted by Gasteiger charge is -2.19. The Kier molecular flexibility index (Phi) is 3.91. The van der Waals surface area contributed by atoms with E-state index < -0.39 is 5.97 Å². The standard InChI is InChI=1S/C14H12N4O2/c1-18(12-6-4-3-5-10(12)7-15)13-9-16-8-11(17-13)14(19)20-2/h3-6,8-9H,1-2H3. The molecule has 0 spiro atoms. The summed E-state index contributed by atoms with van der Waals surface area (Å²) in [4.78, 5) is 21.3. The van der Waals surface area contributed by atoms with E-state index in [1.165, 1.54) is 19.5 Å². The molecule has 2 aromatic rings. The Morgan fingerprint density at radius 2 is 2.10 bits per heavy atom. The summed E-state index contributed by atoms with van der Waals surface area (Å²) in [5, 5.41) is 9.11. The maximum absolute atomic E-state index is 11.5. The number of methoxy groups -OCH3 is 1. The summed E-state index contributed by atoms with van der Waals surface area (Å²) in [5.41, 5.74) is 1.32. The Bertz CT molecular complexity index is 679. The molecule has 1 aromatic carbocycles. The summed E-state index contributed by atoms with van der Waals surface area (Å²) >= 11 is 0. The summed E-state index contributed by atoms with van der Waals surface area (Å²) in [6, 6.07) is 9.23. The number of rotatable bonds is 3. The van der Waals surface area contributed by atoms with Crippen molar-refractivity contribution in [2.45, 2.75) is 0 Å². The first-order valence-electron chi connectivity index (χ1n) is 5.80. The highest BCUT2D eigenvalue weighted by Gasteiger charge is 2.13. The summed E-state index contributed by atoms with van der Waals surface area (Å²) < 4.78 is 4.61. The first kappa shape index (κ1) is 13.5. The van der Waals surface area contributed by atoms with Gasteiger partial charge in [0.05, 0.1) is 30.8 Å². The van der Waals surface area contributed by atoms with E-state index >= 15 is 0 Å². The molecule has 0 saturated heterocycles. The largest absolute Gasteiger partial charge is 0.464 e. The van der Waals surface area contributed by atoms with Crippen LogP contribution in [-0.4, -0.2) is 30.1 Å². The molecule has 100 valence electrons. The van der Waals surface area contributed by atoms with Crippen LogP contribution in [0.3, 0.4) is 0 Å². The van der Waals surface area contributed by atoms with Crippen molar-refractivity contribution in [3.05, 3.63) is 47.9 Å². The van der Waals surface area contributed by atoms with Crippen LogP contribution >= 0.6 is 0 Å². The average Bonchev–Trinajstić information content (AvgIpc) is 2.53. The molecule has 0 N–H and O–H groups in total. The summed E-state index contributed by atoms with van der Waals surface area (Å²) in [5.74, 6) is -0.100. The van der Waals surface area contributed by atoms with E-state index in [0.717, 1.165) is 0 Å². The van der Waals surface area contributed by atoms with Crippen molar-refractivity contribution in [1.29, 1.82) is 5.26 Å². The third-order valence-corrected chi connectivity index (χ3v) is 2.75. The SMILES string of the molecule is COC(=O)c1cncc(N(C)c2ccccc2C#N)n1. The molecule has 20 heavy (non-hydrogen) atoms. The van der Waals surface area contributed by atoms with Crippen LogP contribution in [0.4, 0.5) is 11.5 Å². The van der Waals surface area contributed by atoms with Gasteiger partial charge in [-0.3, -0.25) is 4.98 Å². The number of hydrogen-bond donors (Lipinski definition) is 0. The zero-order valence-corrected chi connectivity index (χ0v) is 11.1. The molecular formula is C14H12N4O2. The van der Waals surface area contributed by atoms with E-state index in [1.807, 2.05) is 6.07 Å². The molecule has 0 aliphatic carbocycles. The second-order valence-electron chi connectivity index (χ2n) is 3.94. The number of nitrogens with zero attached hydrogens (tertiary/aromatic N) is 4. The summed E-state index contributed by atoms with van der Waals surface area (Å²) in [7, 11) is 3.03. The number of benzene rings is 1. The maximum atomic E-state index is 11.5. The van der Waals surface area contributed by atoms with Crippen molar-refractivity contribution >= 4 is 17.5 Å². The summed E-state index contributed by atoms with van der Waals surface area (Å²) in [6.45, 7) is 0. The minimum atomic E-state index is -0.554. The Morgan fingerprint density at radius 3 is 2.80 bits per heavy atom. The van der Waals surface area contributed by atoms with Crippen LogP contribution in [0.25, 0.3) is 0 Å². The lowest BCUT2D eigenvalue weighted by Crippen LogP contribution is -2.15. The third-order valence-electron chi connectivity index (χ3n) is 2.75. The van der Waals surface area contributed by atoms with Crippen molar-refractivity contribution in [1.82, 2.24) is 9.97 Å². The number of para-hydroxylation sites is 1. The van der Waals surface area contributed by atoms with E-state index in [4.69, 9.17) is 5.26 Å². The highest BCUT2D eigenvalue weighted by molar-refractivity contribution is 5.87. The average molecular weight is 268 g/mol. The minimum Gasteiger partial charge on any atom is -0.464 e. The Labute approximate surface area is 116 Å². The van der Waals surface area contributed by atoms with Crippen LogP contribution in [0, 0.1) is 11.3 Å². The number of nitriles is 1. The quantitative estimate of drug-likeness (QED) is 0.791. The molecule has 1 aromatic heterocycles. The van der Waals surface area contributed by atoms with Gasteiger partial charge in [-0.2, -0.15) is 5.26 Å².